The van der Waals surface area contributed by atoms with E-state index in [0.29, 0.717) is 40.0 Å². The molecule has 0 amide bonds. The zero-order valence-corrected chi connectivity index (χ0v) is 15.4. The van der Waals surface area contributed by atoms with Crippen LogP contribution in [0.15, 0.2) is 52.1 Å². The lowest BCUT2D eigenvalue weighted by molar-refractivity contribution is 0.0686. The number of halogens is 1. The molecule has 26 heavy (non-hydrogen) atoms. The maximum Gasteiger partial charge on any atom is 0.277 e. The molecule has 0 N–H and O–H groups in total. The van der Waals surface area contributed by atoms with Crippen LogP contribution >= 0.6 is 23.4 Å². The largest absolute Gasteiger partial charge is 0.496 e. The van der Waals surface area contributed by atoms with Crippen LogP contribution in [0.1, 0.15) is 17.6 Å². The number of hydrogen-bond acceptors (Lipinski definition) is 7. The molecule has 0 fully saturated rings. The van der Waals surface area contributed by atoms with Crippen molar-refractivity contribution in [3.8, 4) is 17.2 Å². The van der Waals surface area contributed by atoms with Crippen molar-refractivity contribution in [2.24, 2.45) is 0 Å². The third-order valence-electron chi connectivity index (χ3n) is 3.80. The van der Waals surface area contributed by atoms with Crippen LogP contribution in [0, 0.1) is 0 Å². The fourth-order valence-electron chi connectivity index (χ4n) is 2.55. The van der Waals surface area contributed by atoms with Gasteiger partial charge in [0.25, 0.3) is 11.1 Å². The van der Waals surface area contributed by atoms with Gasteiger partial charge in [0.1, 0.15) is 12.4 Å². The van der Waals surface area contributed by atoms with Gasteiger partial charge in [0.05, 0.1) is 7.11 Å². The van der Waals surface area contributed by atoms with Gasteiger partial charge in [-0.05, 0) is 30.3 Å². The van der Waals surface area contributed by atoms with E-state index in [2.05, 4.69) is 10.2 Å². The molecule has 0 saturated carbocycles. The number of rotatable bonds is 5. The zero-order valence-electron chi connectivity index (χ0n) is 13.8. The Morgan fingerprint density at radius 1 is 1.19 bits per heavy atom. The molecule has 134 valence electrons. The Labute approximate surface area is 159 Å². The van der Waals surface area contributed by atoms with Gasteiger partial charge in [-0.2, -0.15) is 0 Å². The first-order valence-electron chi connectivity index (χ1n) is 7.90. The van der Waals surface area contributed by atoms with Gasteiger partial charge in [0.2, 0.25) is 6.10 Å². The average Bonchev–Trinajstić information content (AvgIpc) is 3.15. The monoisotopic (exact) mass is 390 g/mol. The van der Waals surface area contributed by atoms with Gasteiger partial charge < -0.3 is 18.6 Å². The first-order chi connectivity index (χ1) is 12.7. The Hall–Kier alpha value is -2.38. The van der Waals surface area contributed by atoms with Crippen molar-refractivity contribution in [1.29, 1.82) is 0 Å². The van der Waals surface area contributed by atoms with E-state index in [-0.39, 0.29) is 0 Å². The number of fused-ring (bicyclic) bond motifs is 1. The van der Waals surface area contributed by atoms with Crippen molar-refractivity contribution >= 4 is 23.4 Å². The minimum absolute atomic E-state index is 0.325. The fourth-order valence-corrected chi connectivity index (χ4v) is 3.49. The molecule has 1 unspecified atom stereocenters. The lowest BCUT2D eigenvalue weighted by Gasteiger charge is -2.23. The van der Waals surface area contributed by atoms with Crippen LogP contribution in [0.4, 0.5) is 0 Å². The summed E-state index contributed by atoms with van der Waals surface area (Å²) in [6, 6.07) is 13.0. The Kier molecular flexibility index (Phi) is 4.90. The number of aromatic nitrogens is 2. The molecule has 2 aromatic carbocycles. The van der Waals surface area contributed by atoms with Crippen LogP contribution in [0.5, 0.6) is 17.2 Å². The Morgan fingerprint density at radius 2 is 2.04 bits per heavy atom. The predicted molar refractivity (Wildman–Crippen MR) is 97.2 cm³/mol. The summed E-state index contributed by atoms with van der Waals surface area (Å²) in [5, 5.41) is 9.26. The smallest absolute Gasteiger partial charge is 0.277 e. The molecule has 1 aliphatic heterocycles. The molecular weight excluding hydrogens is 376 g/mol. The molecule has 0 aliphatic carbocycles. The Morgan fingerprint density at radius 3 is 2.88 bits per heavy atom. The van der Waals surface area contributed by atoms with E-state index in [1.54, 1.807) is 13.2 Å². The molecular formula is C18H15ClN2O4S. The Bertz CT molecular complexity index is 918. The minimum Gasteiger partial charge on any atom is -0.496 e. The van der Waals surface area contributed by atoms with Crippen LogP contribution in [-0.4, -0.2) is 23.9 Å². The first-order valence-corrected chi connectivity index (χ1v) is 9.26. The Balaban J connectivity index is 1.44. The first kappa shape index (κ1) is 17.1. The van der Waals surface area contributed by atoms with Gasteiger partial charge in [-0.25, -0.2) is 0 Å². The predicted octanol–water partition coefficient (Wildman–Crippen LogP) is 4.54. The fraction of sp³-hybridized carbons (Fsp3) is 0.222. The topological polar surface area (TPSA) is 66.6 Å². The summed E-state index contributed by atoms with van der Waals surface area (Å²) in [5.74, 6) is 3.13. The highest BCUT2D eigenvalue weighted by molar-refractivity contribution is 7.98. The number of ether oxygens (including phenoxy) is 3. The van der Waals surface area contributed by atoms with Crippen molar-refractivity contribution in [3.05, 3.63) is 58.9 Å². The molecule has 1 aliphatic rings. The standard InChI is InChI=1S/C18H15ClN2O4S/c1-22-13-7-6-12(19)8-11(13)10-26-18-21-20-17(25-18)16-9-23-14-4-2-3-5-15(14)24-16/h2-8,16H,9-10H2,1H3. The molecule has 4 rings (SSSR count). The van der Waals surface area contributed by atoms with Crippen LogP contribution < -0.4 is 14.2 Å². The van der Waals surface area contributed by atoms with Gasteiger partial charge in [-0.1, -0.05) is 35.5 Å². The van der Waals surface area contributed by atoms with Crippen molar-refractivity contribution in [2.45, 2.75) is 17.1 Å². The highest BCUT2D eigenvalue weighted by Crippen LogP contribution is 2.36. The van der Waals surface area contributed by atoms with Gasteiger partial charge in [0, 0.05) is 16.3 Å². The van der Waals surface area contributed by atoms with Crippen molar-refractivity contribution < 1.29 is 18.6 Å². The summed E-state index contributed by atoms with van der Waals surface area (Å²) < 4.78 is 22.6. The van der Waals surface area contributed by atoms with E-state index in [4.69, 9.17) is 30.2 Å². The molecule has 1 atom stereocenters. The van der Waals surface area contributed by atoms with E-state index in [0.717, 1.165) is 11.3 Å². The third-order valence-corrected chi connectivity index (χ3v) is 4.90. The van der Waals surface area contributed by atoms with Crippen LogP contribution in [0.3, 0.4) is 0 Å². The molecule has 3 aromatic rings. The molecule has 0 saturated heterocycles. The van der Waals surface area contributed by atoms with Gasteiger partial charge in [-0.3, -0.25) is 0 Å². The van der Waals surface area contributed by atoms with Crippen molar-refractivity contribution in [3.63, 3.8) is 0 Å². The number of nitrogens with zero attached hydrogens (tertiary/aromatic N) is 2. The van der Waals surface area contributed by atoms with E-state index in [9.17, 15) is 0 Å². The van der Waals surface area contributed by atoms with E-state index in [1.165, 1.54) is 11.8 Å². The normalized spacial score (nSPS) is 15.7. The molecule has 6 nitrogen and oxygen atoms in total. The number of hydrogen-bond donors (Lipinski definition) is 0. The van der Waals surface area contributed by atoms with Crippen molar-refractivity contribution in [2.75, 3.05) is 13.7 Å². The second-order valence-electron chi connectivity index (χ2n) is 5.52. The minimum atomic E-state index is -0.424. The molecule has 1 aromatic heterocycles. The number of benzene rings is 2. The van der Waals surface area contributed by atoms with Gasteiger partial charge in [0.15, 0.2) is 11.5 Å². The number of thioether (sulfide) groups is 1. The summed E-state index contributed by atoms with van der Waals surface area (Å²) in [6.07, 6.45) is -0.424. The zero-order chi connectivity index (χ0) is 17.9. The molecule has 0 radical (unpaired) electrons. The van der Waals surface area contributed by atoms with Crippen molar-refractivity contribution in [1.82, 2.24) is 10.2 Å². The lowest BCUT2D eigenvalue weighted by Crippen LogP contribution is -2.21. The molecule has 8 heteroatoms. The molecule has 0 bridgehead atoms. The molecule has 2 heterocycles. The maximum absolute atomic E-state index is 6.06. The van der Waals surface area contributed by atoms with E-state index >= 15 is 0 Å². The summed E-state index contributed by atoms with van der Waals surface area (Å²) in [7, 11) is 1.63. The SMILES string of the molecule is COc1ccc(Cl)cc1CSc1nnc(C2COc3ccccc3O2)o1. The molecule has 0 spiro atoms. The third kappa shape index (κ3) is 3.59. The highest BCUT2D eigenvalue weighted by atomic mass is 35.5. The second-order valence-corrected chi connectivity index (χ2v) is 6.88. The average molecular weight is 391 g/mol. The van der Waals surface area contributed by atoms with Crippen LogP contribution in [0.2, 0.25) is 5.02 Å². The van der Waals surface area contributed by atoms with Crippen LogP contribution in [0.25, 0.3) is 0 Å². The summed E-state index contributed by atoms with van der Waals surface area (Å²) >= 11 is 7.46. The number of para-hydroxylation sites is 2. The maximum atomic E-state index is 6.06. The highest BCUT2D eigenvalue weighted by Gasteiger charge is 2.27. The van der Waals surface area contributed by atoms with E-state index in [1.807, 2.05) is 36.4 Å². The lowest BCUT2D eigenvalue weighted by atomic mass is 10.2. The van der Waals surface area contributed by atoms with Gasteiger partial charge >= 0.3 is 0 Å². The summed E-state index contributed by atoms with van der Waals surface area (Å²) in [5.41, 5.74) is 0.955. The summed E-state index contributed by atoms with van der Waals surface area (Å²) in [6.45, 7) is 0.325. The number of methoxy groups -OCH3 is 1. The second kappa shape index (κ2) is 7.47. The van der Waals surface area contributed by atoms with Gasteiger partial charge in [-0.15, -0.1) is 10.2 Å². The van der Waals surface area contributed by atoms with E-state index < -0.39 is 6.10 Å². The quantitative estimate of drug-likeness (QED) is 0.592. The van der Waals surface area contributed by atoms with Crippen LogP contribution in [-0.2, 0) is 5.75 Å². The summed E-state index contributed by atoms with van der Waals surface area (Å²) in [4.78, 5) is 0.